The molecule has 2 aromatic heterocycles. The number of carbonyl (C=O) groups excluding carboxylic acids is 2. The molecule has 44 heavy (non-hydrogen) atoms. The van der Waals surface area contributed by atoms with E-state index in [1.165, 1.54) is 18.0 Å². The zero-order valence-corrected chi connectivity index (χ0v) is 26.5. The lowest BCUT2D eigenvalue weighted by atomic mass is 9.98. The lowest BCUT2D eigenvalue weighted by Gasteiger charge is -2.22. The van der Waals surface area contributed by atoms with E-state index in [0.717, 1.165) is 38.1 Å². The average Bonchev–Trinajstić information content (AvgIpc) is 3.80. The molecule has 11 heteroatoms. The second-order valence-corrected chi connectivity index (χ2v) is 12.3. The number of carbonyl (C=O) groups is 2. The first-order valence-corrected chi connectivity index (χ1v) is 15.8. The highest BCUT2D eigenvalue weighted by atomic mass is 79.9. The number of halogens is 1. The van der Waals surface area contributed by atoms with Crippen molar-refractivity contribution in [1.82, 2.24) is 25.1 Å². The number of furan rings is 1. The predicted molar refractivity (Wildman–Crippen MR) is 173 cm³/mol. The Morgan fingerprint density at radius 3 is 2.50 bits per heavy atom. The Kier molecular flexibility index (Phi) is 8.76. The predicted octanol–water partition coefficient (Wildman–Crippen LogP) is 6.64. The number of amides is 2. The Balaban J connectivity index is 1.25. The van der Waals surface area contributed by atoms with Gasteiger partial charge >= 0.3 is 0 Å². The molecule has 0 unspecified atom stereocenters. The van der Waals surface area contributed by atoms with Crippen LogP contribution in [-0.2, 0) is 11.3 Å². The van der Waals surface area contributed by atoms with Crippen LogP contribution in [0.4, 0.5) is 0 Å². The number of aryl methyl sites for hydroxylation is 2. The number of thioether (sulfide) groups is 1. The topological polar surface area (TPSA) is 106 Å². The largest absolute Gasteiger partial charge is 0.459 e. The molecule has 0 saturated heterocycles. The van der Waals surface area contributed by atoms with Crippen LogP contribution >= 0.6 is 27.7 Å². The summed E-state index contributed by atoms with van der Waals surface area (Å²) in [5.41, 5.74) is 5.92. The van der Waals surface area contributed by atoms with Gasteiger partial charge in [-0.15, -0.1) is 10.2 Å². The molecular formula is C33H29BrN6O3S. The molecule has 0 radical (unpaired) electrons. The quantitative estimate of drug-likeness (QED) is 0.177. The second-order valence-electron chi connectivity index (χ2n) is 10.4. The minimum atomic E-state index is -0.353. The maximum atomic E-state index is 13.8. The van der Waals surface area contributed by atoms with Gasteiger partial charge in [0.05, 0.1) is 30.3 Å². The van der Waals surface area contributed by atoms with Crippen molar-refractivity contribution >= 4 is 45.2 Å². The van der Waals surface area contributed by atoms with E-state index >= 15 is 0 Å². The van der Waals surface area contributed by atoms with E-state index in [1.54, 1.807) is 17.1 Å². The van der Waals surface area contributed by atoms with Crippen molar-refractivity contribution in [3.8, 4) is 5.69 Å². The fourth-order valence-corrected chi connectivity index (χ4v) is 6.07. The monoisotopic (exact) mass is 668 g/mol. The van der Waals surface area contributed by atoms with Crippen LogP contribution in [0, 0.1) is 13.8 Å². The van der Waals surface area contributed by atoms with Crippen LogP contribution in [0.15, 0.2) is 110 Å². The molecule has 1 aliphatic rings. The van der Waals surface area contributed by atoms with E-state index in [2.05, 4.69) is 55.7 Å². The van der Waals surface area contributed by atoms with Crippen molar-refractivity contribution in [1.29, 1.82) is 0 Å². The molecule has 1 atom stereocenters. The van der Waals surface area contributed by atoms with Crippen molar-refractivity contribution in [3.05, 3.63) is 130 Å². The number of aromatic nitrogens is 3. The van der Waals surface area contributed by atoms with Gasteiger partial charge in [0.2, 0.25) is 0 Å². The molecule has 9 nitrogen and oxygen atoms in total. The number of rotatable bonds is 9. The van der Waals surface area contributed by atoms with Gasteiger partial charge in [0.15, 0.2) is 16.7 Å². The minimum absolute atomic E-state index is 0.0994. The normalized spacial score (nSPS) is 14.5. The lowest BCUT2D eigenvalue weighted by molar-refractivity contribution is -0.130. The van der Waals surface area contributed by atoms with Crippen LogP contribution in [0.5, 0.6) is 0 Å². The first-order chi connectivity index (χ1) is 21.4. The maximum absolute atomic E-state index is 13.8. The summed E-state index contributed by atoms with van der Waals surface area (Å²) in [4.78, 5) is 26.4. The molecule has 0 saturated carbocycles. The van der Waals surface area contributed by atoms with Crippen LogP contribution in [0.3, 0.4) is 0 Å². The van der Waals surface area contributed by atoms with Gasteiger partial charge in [0.25, 0.3) is 11.8 Å². The van der Waals surface area contributed by atoms with Gasteiger partial charge in [-0.25, -0.2) is 5.01 Å². The Hall–Kier alpha value is -4.48. The molecule has 3 aromatic carbocycles. The van der Waals surface area contributed by atoms with E-state index < -0.39 is 0 Å². The first-order valence-electron chi connectivity index (χ1n) is 14.0. The lowest BCUT2D eigenvalue weighted by Crippen LogP contribution is -2.28. The second kappa shape index (κ2) is 13.0. The first kappa shape index (κ1) is 29.6. The molecule has 0 fully saturated rings. The van der Waals surface area contributed by atoms with Crippen LogP contribution < -0.4 is 5.32 Å². The highest BCUT2D eigenvalue weighted by molar-refractivity contribution is 9.10. The van der Waals surface area contributed by atoms with Gasteiger partial charge in [0.1, 0.15) is 0 Å². The Bertz CT molecular complexity index is 1820. The summed E-state index contributed by atoms with van der Waals surface area (Å²) < 4.78 is 8.06. The third kappa shape index (κ3) is 6.53. The van der Waals surface area contributed by atoms with Gasteiger partial charge in [-0.2, -0.15) is 5.10 Å². The number of hydrazone groups is 1. The molecule has 222 valence electrons. The molecule has 0 spiro atoms. The average molecular weight is 670 g/mol. The number of nitrogens with zero attached hydrogens (tertiary/aromatic N) is 5. The van der Waals surface area contributed by atoms with Gasteiger partial charge in [-0.3, -0.25) is 14.2 Å². The molecule has 0 bridgehead atoms. The third-order valence-electron chi connectivity index (χ3n) is 7.24. The molecule has 6 rings (SSSR count). The van der Waals surface area contributed by atoms with Crippen molar-refractivity contribution in [3.63, 3.8) is 0 Å². The van der Waals surface area contributed by atoms with Crippen LogP contribution in [0.25, 0.3) is 5.69 Å². The summed E-state index contributed by atoms with van der Waals surface area (Å²) in [5.74, 6) is 0.346. The highest BCUT2D eigenvalue weighted by Gasteiger charge is 2.33. The Labute approximate surface area is 267 Å². The van der Waals surface area contributed by atoms with E-state index in [-0.39, 0.29) is 35.9 Å². The maximum Gasteiger partial charge on any atom is 0.287 e. The van der Waals surface area contributed by atoms with E-state index in [0.29, 0.717) is 17.4 Å². The molecule has 1 N–H and O–H groups in total. The third-order valence-corrected chi connectivity index (χ3v) is 8.68. The van der Waals surface area contributed by atoms with E-state index in [4.69, 9.17) is 9.52 Å². The number of benzene rings is 3. The summed E-state index contributed by atoms with van der Waals surface area (Å²) >= 11 is 4.78. The van der Waals surface area contributed by atoms with Crippen LogP contribution in [0.2, 0.25) is 0 Å². The molecule has 0 aliphatic carbocycles. The standard InChI is InChI=1S/C33H29BrN6O3S/c1-21-8-10-24(11-9-21)28-18-27(23-12-14-25(34)15-13-23)38-40(28)31(41)20-44-33-37-36-30(19-35-32(42)29-7-4-16-43-29)39(33)26-6-3-5-22(2)17-26/h3-17,28H,18-20H2,1-2H3,(H,35,42)/t28-/m1/s1. The summed E-state index contributed by atoms with van der Waals surface area (Å²) in [6.07, 6.45) is 2.06. The minimum Gasteiger partial charge on any atom is -0.459 e. The Morgan fingerprint density at radius 2 is 1.77 bits per heavy atom. The van der Waals surface area contributed by atoms with Gasteiger partial charge in [0, 0.05) is 16.6 Å². The molecule has 3 heterocycles. The smallest absolute Gasteiger partial charge is 0.287 e. The van der Waals surface area contributed by atoms with Crippen molar-refractivity contribution in [2.45, 2.75) is 38.0 Å². The van der Waals surface area contributed by atoms with Gasteiger partial charge < -0.3 is 9.73 Å². The zero-order chi connectivity index (χ0) is 30.6. The summed E-state index contributed by atoms with van der Waals surface area (Å²) in [6.45, 7) is 4.17. The van der Waals surface area contributed by atoms with Crippen molar-refractivity contribution in [2.75, 3.05) is 5.75 Å². The number of hydrogen-bond acceptors (Lipinski definition) is 7. The number of nitrogens with one attached hydrogen (secondary N) is 1. The van der Waals surface area contributed by atoms with Crippen molar-refractivity contribution < 1.29 is 14.0 Å². The zero-order valence-electron chi connectivity index (χ0n) is 24.1. The molecular weight excluding hydrogens is 640 g/mol. The Morgan fingerprint density at radius 1 is 0.977 bits per heavy atom. The van der Waals surface area contributed by atoms with E-state index in [1.807, 2.05) is 66.9 Å². The SMILES string of the molecule is Cc1ccc([C@H]2CC(c3ccc(Br)cc3)=NN2C(=O)CSc2nnc(CNC(=O)c3ccco3)n2-c2cccc(C)c2)cc1. The fourth-order valence-electron chi connectivity index (χ4n) is 4.99. The van der Waals surface area contributed by atoms with Crippen LogP contribution in [0.1, 0.15) is 51.1 Å². The summed E-state index contributed by atoms with van der Waals surface area (Å²) in [6, 6.07) is 27.2. The summed E-state index contributed by atoms with van der Waals surface area (Å²) in [7, 11) is 0. The summed E-state index contributed by atoms with van der Waals surface area (Å²) in [5, 5.41) is 18.6. The highest BCUT2D eigenvalue weighted by Crippen LogP contribution is 2.34. The van der Waals surface area contributed by atoms with Crippen molar-refractivity contribution in [2.24, 2.45) is 5.10 Å². The molecule has 2 amide bonds. The van der Waals surface area contributed by atoms with Gasteiger partial charge in [-0.1, -0.05) is 81.8 Å². The van der Waals surface area contributed by atoms with E-state index in [9.17, 15) is 9.59 Å². The van der Waals surface area contributed by atoms with Gasteiger partial charge in [-0.05, 0) is 66.9 Å². The number of hydrogen-bond donors (Lipinski definition) is 1. The molecule has 1 aliphatic heterocycles. The molecule has 5 aromatic rings. The van der Waals surface area contributed by atoms with Crippen LogP contribution in [-0.4, -0.2) is 43.1 Å². The fraction of sp³-hybridized carbons (Fsp3) is 0.182.